The molecule has 4 fully saturated rings. The maximum absolute atomic E-state index is 12.9. The van der Waals surface area contributed by atoms with Crippen molar-refractivity contribution in [3.05, 3.63) is 23.9 Å². The fraction of sp³-hybridized carbons (Fsp3) is 0.579. The molecule has 3 aliphatic heterocycles. The molecule has 1 atom stereocenters. The Morgan fingerprint density at radius 3 is 2.64 bits per heavy atom. The molecule has 1 aliphatic carbocycles. The van der Waals surface area contributed by atoms with E-state index in [1.165, 1.54) is 13.3 Å². The highest BCUT2D eigenvalue weighted by Crippen LogP contribution is 2.42. The number of piperazine rings is 1. The maximum atomic E-state index is 12.9. The van der Waals surface area contributed by atoms with Crippen LogP contribution in [0.1, 0.15) is 23.2 Å². The van der Waals surface area contributed by atoms with Crippen LogP contribution in [0.2, 0.25) is 0 Å². The molecule has 0 N–H and O–H groups in total. The van der Waals surface area contributed by atoms with E-state index in [1.807, 2.05) is 0 Å². The van der Waals surface area contributed by atoms with Gasteiger partial charge < -0.3 is 19.3 Å². The standard InChI is InChI=1S/C19H22N4O5/c1-27-15-5-4-13(8-20-15)17(25)21-6-7-23-14(9-21)19(28-18(23)26)10-22(11-19)16(24)12-2-3-12/h4-5,8,12,14H,2-3,6-7,9-11H2,1H3. The minimum atomic E-state index is -0.696. The van der Waals surface area contributed by atoms with Gasteiger partial charge in [-0.1, -0.05) is 0 Å². The van der Waals surface area contributed by atoms with Crippen LogP contribution < -0.4 is 4.74 Å². The Hall–Kier alpha value is -2.84. The third-order valence-electron chi connectivity index (χ3n) is 6.15. The average Bonchev–Trinajstić information content (AvgIpc) is 3.50. The molecule has 5 rings (SSSR count). The molecular formula is C19H22N4O5. The number of hydrogen-bond acceptors (Lipinski definition) is 6. The molecule has 3 amide bonds. The lowest BCUT2D eigenvalue weighted by Crippen LogP contribution is -2.72. The van der Waals surface area contributed by atoms with Crippen molar-refractivity contribution in [2.24, 2.45) is 5.92 Å². The van der Waals surface area contributed by atoms with E-state index < -0.39 is 5.60 Å². The number of aromatic nitrogens is 1. The Labute approximate surface area is 162 Å². The van der Waals surface area contributed by atoms with Crippen molar-refractivity contribution in [1.29, 1.82) is 0 Å². The molecule has 1 spiro atoms. The highest BCUT2D eigenvalue weighted by Gasteiger charge is 2.63. The number of pyridine rings is 1. The normalized spacial score (nSPS) is 25.2. The topological polar surface area (TPSA) is 92.3 Å². The third-order valence-corrected chi connectivity index (χ3v) is 6.15. The quantitative estimate of drug-likeness (QED) is 0.745. The largest absolute Gasteiger partial charge is 0.481 e. The molecule has 1 aromatic heterocycles. The van der Waals surface area contributed by atoms with Crippen LogP contribution in [0.3, 0.4) is 0 Å². The van der Waals surface area contributed by atoms with Crippen LogP contribution >= 0.6 is 0 Å². The number of methoxy groups -OCH3 is 1. The van der Waals surface area contributed by atoms with Gasteiger partial charge in [0.2, 0.25) is 11.8 Å². The van der Waals surface area contributed by atoms with E-state index in [9.17, 15) is 14.4 Å². The van der Waals surface area contributed by atoms with Gasteiger partial charge in [0.05, 0.1) is 31.8 Å². The molecular weight excluding hydrogens is 364 g/mol. The molecule has 1 saturated carbocycles. The Bertz CT molecular complexity index is 831. The number of carbonyl (C=O) groups excluding carboxylic acids is 3. The molecule has 9 nitrogen and oxygen atoms in total. The Morgan fingerprint density at radius 1 is 1.21 bits per heavy atom. The van der Waals surface area contributed by atoms with Crippen molar-refractivity contribution in [2.45, 2.75) is 24.5 Å². The highest BCUT2D eigenvalue weighted by atomic mass is 16.6. The number of hydrogen-bond donors (Lipinski definition) is 0. The van der Waals surface area contributed by atoms with Gasteiger partial charge in [-0.2, -0.15) is 0 Å². The molecule has 3 saturated heterocycles. The van der Waals surface area contributed by atoms with Gasteiger partial charge in [-0.05, 0) is 18.9 Å². The zero-order valence-corrected chi connectivity index (χ0v) is 15.7. The van der Waals surface area contributed by atoms with Gasteiger partial charge in [-0.25, -0.2) is 9.78 Å². The summed E-state index contributed by atoms with van der Waals surface area (Å²) in [6.07, 6.45) is 3.06. The zero-order valence-electron chi connectivity index (χ0n) is 15.7. The van der Waals surface area contributed by atoms with Crippen molar-refractivity contribution in [3.63, 3.8) is 0 Å². The number of amides is 3. The molecule has 1 aromatic rings. The van der Waals surface area contributed by atoms with Crippen LogP contribution in [0.5, 0.6) is 5.88 Å². The van der Waals surface area contributed by atoms with Crippen molar-refractivity contribution in [3.8, 4) is 5.88 Å². The molecule has 4 heterocycles. The summed E-state index contributed by atoms with van der Waals surface area (Å²) in [5, 5.41) is 0. The first-order valence-electron chi connectivity index (χ1n) is 9.58. The monoisotopic (exact) mass is 386 g/mol. The fourth-order valence-electron chi connectivity index (χ4n) is 4.37. The first-order valence-corrected chi connectivity index (χ1v) is 9.58. The van der Waals surface area contributed by atoms with Crippen LogP contribution in [0.25, 0.3) is 0 Å². The van der Waals surface area contributed by atoms with E-state index in [0.29, 0.717) is 44.2 Å². The summed E-state index contributed by atoms with van der Waals surface area (Å²) in [6, 6.07) is 3.11. The van der Waals surface area contributed by atoms with Crippen LogP contribution in [-0.4, -0.2) is 89.1 Å². The lowest BCUT2D eigenvalue weighted by Gasteiger charge is -2.51. The zero-order chi connectivity index (χ0) is 19.5. The lowest BCUT2D eigenvalue weighted by atomic mass is 9.84. The van der Waals surface area contributed by atoms with Crippen molar-refractivity contribution >= 4 is 17.9 Å². The van der Waals surface area contributed by atoms with E-state index in [1.54, 1.807) is 26.8 Å². The minimum absolute atomic E-state index is 0.130. The average molecular weight is 386 g/mol. The molecule has 0 radical (unpaired) electrons. The van der Waals surface area contributed by atoms with Gasteiger partial charge in [0.15, 0.2) is 5.60 Å². The molecule has 0 bridgehead atoms. The van der Waals surface area contributed by atoms with E-state index in [0.717, 1.165) is 12.8 Å². The minimum Gasteiger partial charge on any atom is -0.481 e. The Morgan fingerprint density at radius 2 is 2.00 bits per heavy atom. The molecule has 28 heavy (non-hydrogen) atoms. The summed E-state index contributed by atoms with van der Waals surface area (Å²) in [7, 11) is 1.52. The van der Waals surface area contributed by atoms with Crippen molar-refractivity contribution in [2.75, 3.05) is 39.8 Å². The fourth-order valence-corrected chi connectivity index (χ4v) is 4.37. The molecule has 4 aliphatic rings. The molecule has 0 aromatic carbocycles. The first-order chi connectivity index (χ1) is 13.5. The van der Waals surface area contributed by atoms with Gasteiger partial charge in [-0.3, -0.25) is 14.5 Å². The summed E-state index contributed by atoms with van der Waals surface area (Å²) < 4.78 is 10.7. The predicted octanol–water partition coefficient (Wildman–Crippen LogP) is 0.358. The first kappa shape index (κ1) is 17.3. The third kappa shape index (κ3) is 2.60. The van der Waals surface area contributed by atoms with E-state index in [4.69, 9.17) is 9.47 Å². The summed E-state index contributed by atoms with van der Waals surface area (Å²) in [5.74, 6) is 0.630. The maximum Gasteiger partial charge on any atom is 0.411 e. The summed E-state index contributed by atoms with van der Waals surface area (Å²) in [4.78, 5) is 46.8. The van der Waals surface area contributed by atoms with Crippen LogP contribution in [0.4, 0.5) is 4.79 Å². The summed E-state index contributed by atoms with van der Waals surface area (Å²) >= 11 is 0. The number of rotatable bonds is 3. The second kappa shape index (κ2) is 6.08. The van der Waals surface area contributed by atoms with E-state index in [2.05, 4.69) is 4.98 Å². The lowest BCUT2D eigenvalue weighted by molar-refractivity contribution is -0.156. The summed E-state index contributed by atoms with van der Waals surface area (Å²) in [6.45, 7) is 2.10. The van der Waals surface area contributed by atoms with E-state index >= 15 is 0 Å². The number of fused-ring (bicyclic) bond motifs is 2. The van der Waals surface area contributed by atoms with Gasteiger partial charge in [-0.15, -0.1) is 0 Å². The number of nitrogens with zero attached hydrogens (tertiary/aromatic N) is 4. The second-order valence-corrected chi connectivity index (χ2v) is 7.95. The van der Waals surface area contributed by atoms with Gasteiger partial charge >= 0.3 is 6.09 Å². The van der Waals surface area contributed by atoms with Gasteiger partial charge in [0.25, 0.3) is 5.91 Å². The van der Waals surface area contributed by atoms with Crippen LogP contribution in [-0.2, 0) is 9.53 Å². The van der Waals surface area contributed by atoms with Crippen LogP contribution in [0.15, 0.2) is 18.3 Å². The van der Waals surface area contributed by atoms with Crippen molar-refractivity contribution in [1.82, 2.24) is 19.7 Å². The predicted molar refractivity (Wildman–Crippen MR) is 95.7 cm³/mol. The number of ether oxygens (including phenoxy) is 2. The number of likely N-dealkylation sites (tertiary alicyclic amines) is 1. The second-order valence-electron chi connectivity index (χ2n) is 7.95. The Balaban J connectivity index is 1.30. The van der Waals surface area contributed by atoms with E-state index in [-0.39, 0.29) is 29.9 Å². The smallest absolute Gasteiger partial charge is 0.411 e. The SMILES string of the molecule is COc1ccc(C(=O)N2CCN3C(=O)OC4(CN(C(=O)C5CC5)C4)C3C2)cn1. The molecule has 1 unspecified atom stereocenters. The Kier molecular flexibility index (Phi) is 3.75. The van der Waals surface area contributed by atoms with Gasteiger partial charge in [0.1, 0.15) is 0 Å². The highest BCUT2D eigenvalue weighted by molar-refractivity contribution is 5.94. The summed E-state index contributed by atoms with van der Waals surface area (Å²) in [5.41, 5.74) is -0.216. The number of carbonyl (C=O) groups is 3. The molecule has 9 heteroatoms. The van der Waals surface area contributed by atoms with Crippen molar-refractivity contribution < 1.29 is 23.9 Å². The van der Waals surface area contributed by atoms with Gasteiger partial charge in [0, 0.05) is 37.8 Å². The molecule has 148 valence electrons. The van der Waals surface area contributed by atoms with Crippen LogP contribution in [0, 0.1) is 5.92 Å².